The van der Waals surface area contributed by atoms with Gasteiger partial charge in [-0.05, 0) is 35.7 Å². The molecule has 0 aliphatic rings. The summed E-state index contributed by atoms with van der Waals surface area (Å²) in [6.07, 6.45) is 0. The van der Waals surface area contributed by atoms with Crippen molar-refractivity contribution in [3.8, 4) is 6.07 Å². The number of nitrogens with zero attached hydrogens (tertiary/aromatic N) is 1. The predicted octanol–water partition coefficient (Wildman–Crippen LogP) is 3.86. The summed E-state index contributed by atoms with van der Waals surface area (Å²) < 4.78 is 6.22. The first-order valence-electron chi connectivity index (χ1n) is 6.15. The highest BCUT2D eigenvalue weighted by atomic mass is 79.9. The number of thiophene rings is 1. The third kappa shape index (κ3) is 2.66. The van der Waals surface area contributed by atoms with E-state index in [1.165, 1.54) is 11.3 Å². The van der Waals surface area contributed by atoms with Crippen LogP contribution in [0.4, 0.5) is 5.00 Å². The van der Waals surface area contributed by atoms with Gasteiger partial charge in [0.1, 0.15) is 22.2 Å². The molecule has 3 rings (SSSR count). The van der Waals surface area contributed by atoms with Gasteiger partial charge in [0.2, 0.25) is 5.55 Å². The Hall–Kier alpha value is -2.43. The van der Waals surface area contributed by atoms with Crippen molar-refractivity contribution in [3.63, 3.8) is 0 Å². The zero-order valence-electron chi connectivity index (χ0n) is 11.0. The van der Waals surface area contributed by atoms with Gasteiger partial charge >= 0.3 is 0 Å². The Kier molecular flexibility index (Phi) is 3.79. The number of nitrogens with one attached hydrogen (secondary N) is 2. The second kappa shape index (κ2) is 5.75. The Morgan fingerprint density at radius 3 is 2.95 bits per heavy atom. The first-order valence-corrected chi connectivity index (χ1v) is 7.82. The van der Waals surface area contributed by atoms with Crippen molar-refractivity contribution in [2.24, 2.45) is 0 Å². The highest BCUT2D eigenvalue weighted by Gasteiger charge is 2.14. The van der Waals surface area contributed by atoms with Crippen molar-refractivity contribution in [1.82, 2.24) is 0 Å². The summed E-state index contributed by atoms with van der Waals surface area (Å²) in [5, 5.41) is 22.4. The number of carbonyl (C=O) groups is 1. The SMILES string of the molecule is N#Cc1ccsc1NC(=O)c1cc2cc(Br)ccc2oc1=N. The molecular formula is C15H8BrN3O2S. The molecule has 2 N–H and O–H groups in total. The summed E-state index contributed by atoms with van der Waals surface area (Å²) >= 11 is 4.61. The van der Waals surface area contributed by atoms with Crippen LogP contribution in [0.3, 0.4) is 0 Å². The molecule has 0 radical (unpaired) electrons. The second-order valence-electron chi connectivity index (χ2n) is 4.40. The lowest BCUT2D eigenvalue weighted by Crippen LogP contribution is -2.20. The van der Waals surface area contributed by atoms with E-state index in [4.69, 9.17) is 15.1 Å². The molecule has 5 nitrogen and oxygen atoms in total. The minimum atomic E-state index is -0.477. The van der Waals surface area contributed by atoms with Gasteiger partial charge in [0.05, 0.1) is 5.56 Å². The van der Waals surface area contributed by atoms with E-state index < -0.39 is 5.91 Å². The summed E-state index contributed by atoms with van der Waals surface area (Å²) in [7, 11) is 0. The molecule has 0 spiro atoms. The van der Waals surface area contributed by atoms with Crippen molar-refractivity contribution in [3.05, 3.63) is 56.9 Å². The van der Waals surface area contributed by atoms with Crippen LogP contribution in [0.2, 0.25) is 0 Å². The van der Waals surface area contributed by atoms with Gasteiger partial charge in [-0.25, -0.2) is 0 Å². The molecule has 2 heterocycles. The van der Waals surface area contributed by atoms with E-state index >= 15 is 0 Å². The number of nitriles is 1. The molecule has 0 bridgehead atoms. The Morgan fingerprint density at radius 2 is 2.18 bits per heavy atom. The van der Waals surface area contributed by atoms with Crippen molar-refractivity contribution < 1.29 is 9.21 Å². The normalized spacial score (nSPS) is 10.4. The van der Waals surface area contributed by atoms with Crippen LogP contribution in [0, 0.1) is 16.7 Å². The Labute approximate surface area is 137 Å². The van der Waals surface area contributed by atoms with Gasteiger partial charge in [0.15, 0.2) is 0 Å². The Morgan fingerprint density at radius 1 is 1.36 bits per heavy atom. The van der Waals surface area contributed by atoms with Crippen LogP contribution in [-0.2, 0) is 0 Å². The van der Waals surface area contributed by atoms with E-state index in [1.54, 1.807) is 35.7 Å². The van der Waals surface area contributed by atoms with Crippen LogP contribution >= 0.6 is 27.3 Å². The molecule has 0 atom stereocenters. The number of fused-ring (bicyclic) bond motifs is 1. The number of rotatable bonds is 2. The van der Waals surface area contributed by atoms with Crippen molar-refractivity contribution in [1.29, 1.82) is 10.7 Å². The molecule has 0 unspecified atom stereocenters. The maximum Gasteiger partial charge on any atom is 0.261 e. The Balaban J connectivity index is 2.02. The molecule has 0 aliphatic heterocycles. The topological polar surface area (TPSA) is 89.9 Å². The highest BCUT2D eigenvalue weighted by molar-refractivity contribution is 9.10. The molecule has 0 fully saturated rings. The molecule has 2 aromatic heterocycles. The standard InChI is InChI=1S/C15H8BrN3O2S/c16-10-1-2-12-9(5-10)6-11(13(18)21-12)14(20)19-15-8(7-17)3-4-22-15/h1-6,18H,(H,19,20). The fourth-order valence-electron chi connectivity index (χ4n) is 1.94. The van der Waals surface area contributed by atoms with Crippen LogP contribution in [0.1, 0.15) is 15.9 Å². The maximum absolute atomic E-state index is 12.3. The number of carbonyl (C=O) groups excluding carboxylic acids is 1. The maximum atomic E-state index is 12.3. The molecule has 0 aliphatic carbocycles. The first kappa shape index (κ1) is 14.5. The van der Waals surface area contributed by atoms with E-state index in [-0.39, 0.29) is 11.1 Å². The average molecular weight is 374 g/mol. The number of halogens is 1. The fourth-order valence-corrected chi connectivity index (χ4v) is 3.06. The van der Waals surface area contributed by atoms with Crippen LogP contribution in [-0.4, -0.2) is 5.91 Å². The van der Waals surface area contributed by atoms with Crippen molar-refractivity contribution >= 4 is 49.1 Å². The molecule has 1 aromatic carbocycles. The third-order valence-corrected chi connectivity index (χ3v) is 4.31. The Bertz CT molecular complexity index is 984. The molecule has 1 amide bonds. The zero-order valence-corrected chi connectivity index (χ0v) is 13.4. The fraction of sp³-hybridized carbons (Fsp3) is 0. The minimum Gasteiger partial charge on any atom is -0.438 e. The van der Waals surface area contributed by atoms with Crippen molar-refractivity contribution in [2.45, 2.75) is 0 Å². The molecule has 3 aromatic rings. The van der Waals surface area contributed by atoms with Gasteiger partial charge in [0, 0.05) is 9.86 Å². The largest absolute Gasteiger partial charge is 0.438 e. The van der Waals surface area contributed by atoms with E-state index in [2.05, 4.69) is 21.2 Å². The highest BCUT2D eigenvalue weighted by Crippen LogP contribution is 2.23. The number of amides is 1. The van der Waals surface area contributed by atoms with Gasteiger partial charge in [-0.15, -0.1) is 11.3 Å². The van der Waals surface area contributed by atoms with E-state index in [0.717, 1.165) is 4.47 Å². The van der Waals surface area contributed by atoms with Gasteiger partial charge in [-0.2, -0.15) is 5.26 Å². The second-order valence-corrected chi connectivity index (χ2v) is 6.23. The molecule has 22 heavy (non-hydrogen) atoms. The van der Waals surface area contributed by atoms with E-state index in [0.29, 0.717) is 21.5 Å². The van der Waals surface area contributed by atoms with Crippen LogP contribution in [0.5, 0.6) is 0 Å². The lowest BCUT2D eigenvalue weighted by atomic mass is 10.2. The van der Waals surface area contributed by atoms with E-state index in [9.17, 15) is 4.79 Å². The molecule has 0 saturated carbocycles. The lowest BCUT2D eigenvalue weighted by Gasteiger charge is -2.05. The van der Waals surface area contributed by atoms with Gasteiger partial charge in [0.25, 0.3) is 5.91 Å². The summed E-state index contributed by atoms with van der Waals surface area (Å²) in [5.41, 5.74) is 0.814. The van der Waals surface area contributed by atoms with Crippen molar-refractivity contribution in [2.75, 3.05) is 5.32 Å². The molecule has 7 heteroatoms. The van der Waals surface area contributed by atoms with Crippen LogP contribution < -0.4 is 10.9 Å². The third-order valence-electron chi connectivity index (χ3n) is 2.99. The molecular weight excluding hydrogens is 366 g/mol. The number of hydrogen-bond acceptors (Lipinski definition) is 5. The number of anilines is 1. The smallest absolute Gasteiger partial charge is 0.261 e. The summed E-state index contributed by atoms with van der Waals surface area (Å²) in [6.45, 7) is 0. The lowest BCUT2D eigenvalue weighted by molar-refractivity contribution is 0.102. The van der Waals surface area contributed by atoms with Gasteiger partial charge in [-0.1, -0.05) is 15.9 Å². The van der Waals surface area contributed by atoms with Gasteiger partial charge < -0.3 is 9.73 Å². The average Bonchev–Trinajstić information content (AvgIpc) is 2.94. The number of benzene rings is 1. The monoisotopic (exact) mass is 373 g/mol. The predicted molar refractivity (Wildman–Crippen MR) is 86.8 cm³/mol. The molecule has 108 valence electrons. The van der Waals surface area contributed by atoms with Crippen LogP contribution in [0.25, 0.3) is 11.0 Å². The zero-order chi connectivity index (χ0) is 15.7. The first-order chi connectivity index (χ1) is 10.6. The van der Waals surface area contributed by atoms with E-state index in [1.807, 2.05) is 6.07 Å². The summed E-state index contributed by atoms with van der Waals surface area (Å²) in [5.74, 6) is -0.477. The summed E-state index contributed by atoms with van der Waals surface area (Å²) in [4.78, 5) is 12.3. The summed E-state index contributed by atoms with van der Waals surface area (Å²) in [6, 6.07) is 10.6. The van der Waals surface area contributed by atoms with Crippen LogP contribution in [0.15, 0.2) is 44.6 Å². The minimum absolute atomic E-state index is 0.114. The molecule has 0 saturated heterocycles. The van der Waals surface area contributed by atoms with Gasteiger partial charge in [-0.3, -0.25) is 10.2 Å². The quantitative estimate of drug-likeness (QED) is 0.714. The number of hydrogen-bond donors (Lipinski definition) is 2.